The number of carboxylic acid groups (broad SMARTS) is 1. The van der Waals surface area contributed by atoms with Crippen molar-refractivity contribution in [3.05, 3.63) is 67.1 Å². The molecule has 1 fully saturated rings. The van der Waals surface area contributed by atoms with Crippen LogP contribution < -0.4 is 15.8 Å². The third kappa shape index (κ3) is 5.12. The molecule has 0 atom stereocenters. The first-order chi connectivity index (χ1) is 17.1. The third-order valence-electron chi connectivity index (χ3n) is 6.64. The SMILES string of the molecule is Nc1ncnc2c1c(-c1ccc(Oc3ccccc3)cc1)cn2[C@H]1CC[C@@H](NCCC(=O)O)CC1. The first kappa shape index (κ1) is 22.9. The zero-order valence-corrected chi connectivity index (χ0v) is 19.4. The van der Waals surface area contributed by atoms with Gasteiger partial charge in [-0.05, 0) is 55.5 Å². The summed E-state index contributed by atoms with van der Waals surface area (Å²) in [5.74, 6) is 1.26. The summed E-state index contributed by atoms with van der Waals surface area (Å²) in [6, 6.07) is 18.3. The van der Waals surface area contributed by atoms with Gasteiger partial charge in [0.2, 0.25) is 0 Å². The molecule has 1 aliphatic carbocycles. The van der Waals surface area contributed by atoms with Gasteiger partial charge in [0.25, 0.3) is 0 Å². The van der Waals surface area contributed by atoms with Crippen LogP contribution >= 0.6 is 0 Å². The van der Waals surface area contributed by atoms with E-state index in [1.807, 2.05) is 54.6 Å². The number of nitrogens with zero attached hydrogens (tertiary/aromatic N) is 3. The van der Waals surface area contributed by atoms with Gasteiger partial charge < -0.3 is 25.5 Å². The molecule has 0 bridgehead atoms. The fourth-order valence-corrected chi connectivity index (χ4v) is 4.87. The summed E-state index contributed by atoms with van der Waals surface area (Å²) >= 11 is 0. The second-order valence-corrected chi connectivity index (χ2v) is 8.95. The lowest BCUT2D eigenvalue weighted by atomic mass is 9.91. The van der Waals surface area contributed by atoms with Crippen LogP contribution in [-0.2, 0) is 4.79 Å². The summed E-state index contributed by atoms with van der Waals surface area (Å²) in [5.41, 5.74) is 9.20. The highest BCUT2D eigenvalue weighted by atomic mass is 16.5. The first-order valence-corrected chi connectivity index (χ1v) is 12.0. The fraction of sp³-hybridized carbons (Fsp3) is 0.296. The third-order valence-corrected chi connectivity index (χ3v) is 6.64. The molecule has 35 heavy (non-hydrogen) atoms. The number of para-hydroxylation sites is 1. The van der Waals surface area contributed by atoms with Crippen LogP contribution in [0.2, 0.25) is 0 Å². The van der Waals surface area contributed by atoms with Gasteiger partial charge in [-0.3, -0.25) is 4.79 Å². The second kappa shape index (κ2) is 10.1. The highest BCUT2D eigenvalue weighted by molar-refractivity contribution is 6.00. The van der Waals surface area contributed by atoms with Gasteiger partial charge in [0.05, 0.1) is 11.8 Å². The number of aliphatic carboxylic acids is 1. The Kier molecular flexibility index (Phi) is 6.63. The number of ether oxygens (including phenoxy) is 1. The maximum Gasteiger partial charge on any atom is 0.304 e. The van der Waals surface area contributed by atoms with Gasteiger partial charge in [0.15, 0.2) is 0 Å². The molecule has 180 valence electrons. The molecule has 1 saturated carbocycles. The van der Waals surface area contributed by atoms with Crippen molar-refractivity contribution >= 4 is 22.8 Å². The minimum Gasteiger partial charge on any atom is -0.481 e. The molecule has 0 amide bonds. The number of nitrogens with one attached hydrogen (secondary N) is 1. The van der Waals surface area contributed by atoms with Crippen molar-refractivity contribution in [3.8, 4) is 22.6 Å². The number of carboxylic acids is 1. The van der Waals surface area contributed by atoms with Crippen LogP contribution in [0.5, 0.6) is 11.5 Å². The van der Waals surface area contributed by atoms with Crippen LogP contribution in [0.15, 0.2) is 67.1 Å². The van der Waals surface area contributed by atoms with Gasteiger partial charge in [-0.2, -0.15) is 0 Å². The monoisotopic (exact) mass is 471 g/mol. The number of nitrogens with two attached hydrogens (primary N) is 1. The molecule has 0 aliphatic heterocycles. The molecule has 0 unspecified atom stereocenters. The van der Waals surface area contributed by atoms with Crippen molar-refractivity contribution in [2.75, 3.05) is 12.3 Å². The lowest BCUT2D eigenvalue weighted by Crippen LogP contribution is -2.35. The highest BCUT2D eigenvalue weighted by Crippen LogP contribution is 2.38. The number of hydrogen-bond acceptors (Lipinski definition) is 6. The molecular formula is C27H29N5O3. The number of carbonyl (C=O) groups is 1. The molecule has 0 saturated heterocycles. The zero-order valence-electron chi connectivity index (χ0n) is 19.4. The topological polar surface area (TPSA) is 115 Å². The lowest BCUT2D eigenvalue weighted by Gasteiger charge is -2.30. The van der Waals surface area contributed by atoms with Gasteiger partial charge in [0.1, 0.15) is 29.3 Å². The Morgan fingerprint density at radius 2 is 1.74 bits per heavy atom. The van der Waals surface area contributed by atoms with Crippen LogP contribution in [-0.4, -0.2) is 38.2 Å². The van der Waals surface area contributed by atoms with Crippen LogP contribution in [0.3, 0.4) is 0 Å². The van der Waals surface area contributed by atoms with Gasteiger partial charge in [-0.25, -0.2) is 9.97 Å². The van der Waals surface area contributed by atoms with Crippen molar-refractivity contribution in [3.63, 3.8) is 0 Å². The average Bonchev–Trinajstić information content (AvgIpc) is 3.26. The summed E-state index contributed by atoms with van der Waals surface area (Å²) in [6.45, 7) is 0.509. The van der Waals surface area contributed by atoms with E-state index in [2.05, 4.69) is 26.0 Å². The molecule has 2 aromatic carbocycles. The normalized spacial score (nSPS) is 17.9. The minimum absolute atomic E-state index is 0.150. The number of nitrogen functional groups attached to an aromatic ring is 1. The number of benzene rings is 2. The lowest BCUT2D eigenvalue weighted by molar-refractivity contribution is -0.136. The highest BCUT2D eigenvalue weighted by Gasteiger charge is 2.25. The molecule has 1 aliphatic rings. The summed E-state index contributed by atoms with van der Waals surface area (Å²) < 4.78 is 8.18. The maximum atomic E-state index is 10.8. The van der Waals surface area contributed by atoms with Crippen molar-refractivity contribution < 1.29 is 14.6 Å². The van der Waals surface area contributed by atoms with E-state index >= 15 is 0 Å². The molecule has 4 aromatic rings. The number of hydrogen-bond donors (Lipinski definition) is 3. The molecule has 5 rings (SSSR count). The summed E-state index contributed by atoms with van der Waals surface area (Å²) in [6.07, 6.45) is 7.77. The number of rotatable bonds is 8. The van der Waals surface area contributed by atoms with E-state index in [0.29, 0.717) is 24.4 Å². The van der Waals surface area contributed by atoms with E-state index in [0.717, 1.165) is 59.3 Å². The molecule has 0 spiro atoms. The fourth-order valence-electron chi connectivity index (χ4n) is 4.87. The van der Waals surface area contributed by atoms with E-state index in [1.165, 1.54) is 6.33 Å². The van der Waals surface area contributed by atoms with E-state index in [-0.39, 0.29) is 6.42 Å². The Bertz CT molecular complexity index is 1300. The Hall–Kier alpha value is -3.91. The van der Waals surface area contributed by atoms with Gasteiger partial charge in [-0.1, -0.05) is 30.3 Å². The summed E-state index contributed by atoms with van der Waals surface area (Å²) in [5, 5.41) is 13.1. The molecule has 2 aromatic heterocycles. The van der Waals surface area contributed by atoms with E-state index in [9.17, 15) is 4.79 Å². The maximum absolute atomic E-state index is 10.8. The smallest absolute Gasteiger partial charge is 0.304 e. The van der Waals surface area contributed by atoms with Crippen molar-refractivity contribution in [2.24, 2.45) is 0 Å². The quantitative estimate of drug-likeness (QED) is 0.330. The first-order valence-electron chi connectivity index (χ1n) is 12.0. The summed E-state index contributed by atoms with van der Waals surface area (Å²) in [7, 11) is 0. The van der Waals surface area contributed by atoms with Gasteiger partial charge in [0, 0.05) is 30.4 Å². The van der Waals surface area contributed by atoms with E-state index < -0.39 is 5.97 Å². The molecule has 0 radical (unpaired) electrons. The molecule has 2 heterocycles. The molecular weight excluding hydrogens is 442 g/mol. The van der Waals surface area contributed by atoms with Gasteiger partial charge in [-0.15, -0.1) is 0 Å². The summed E-state index contributed by atoms with van der Waals surface area (Å²) in [4.78, 5) is 19.6. The Labute approximate surface area is 203 Å². The second-order valence-electron chi connectivity index (χ2n) is 8.95. The van der Waals surface area contributed by atoms with Crippen LogP contribution in [0, 0.1) is 0 Å². The largest absolute Gasteiger partial charge is 0.481 e. The molecule has 8 heteroatoms. The van der Waals surface area contributed by atoms with E-state index in [4.69, 9.17) is 15.6 Å². The Morgan fingerprint density at radius 3 is 2.46 bits per heavy atom. The number of fused-ring (bicyclic) bond motifs is 1. The number of anilines is 1. The molecule has 4 N–H and O–H groups in total. The van der Waals surface area contributed by atoms with Crippen LogP contribution in [0.4, 0.5) is 5.82 Å². The Balaban J connectivity index is 1.36. The zero-order chi connectivity index (χ0) is 24.2. The average molecular weight is 472 g/mol. The van der Waals surface area contributed by atoms with Crippen molar-refractivity contribution in [1.29, 1.82) is 0 Å². The Morgan fingerprint density at radius 1 is 1.03 bits per heavy atom. The predicted octanol–water partition coefficient (Wildman–Crippen LogP) is 5.02. The van der Waals surface area contributed by atoms with Crippen LogP contribution in [0.25, 0.3) is 22.2 Å². The standard InChI is InChI=1S/C27H29N5O3/c28-26-25-23(18-6-12-22(13-7-18)35-21-4-2-1-3-5-21)16-32(27(25)31-17-30-26)20-10-8-19(9-11-20)29-15-14-24(33)34/h1-7,12-13,16-17,19-20,29H,8-11,14-15H2,(H,33,34)(H2,28,30,31)/t19-,20+. The molecule has 8 nitrogen and oxygen atoms in total. The van der Waals surface area contributed by atoms with E-state index in [1.54, 1.807) is 0 Å². The number of aromatic nitrogens is 3. The minimum atomic E-state index is -0.769. The van der Waals surface area contributed by atoms with Crippen molar-refractivity contribution in [1.82, 2.24) is 19.9 Å². The predicted molar refractivity (Wildman–Crippen MR) is 135 cm³/mol. The van der Waals surface area contributed by atoms with Gasteiger partial charge >= 0.3 is 5.97 Å². The van der Waals surface area contributed by atoms with Crippen molar-refractivity contribution in [2.45, 2.75) is 44.2 Å². The van der Waals surface area contributed by atoms with Crippen LogP contribution in [0.1, 0.15) is 38.1 Å².